The maximum Gasteiger partial charge on any atom is 0.306 e. The minimum Gasteiger partial charge on any atom is -0.465 e. The monoisotopic (exact) mass is 238 g/mol. The van der Waals surface area contributed by atoms with Gasteiger partial charge in [-0.05, 0) is 25.0 Å². The van der Waals surface area contributed by atoms with Crippen LogP contribution in [0, 0.1) is 0 Å². The zero-order chi connectivity index (χ0) is 13.4. The van der Waals surface area contributed by atoms with Gasteiger partial charge >= 0.3 is 5.97 Å². The quantitative estimate of drug-likeness (QED) is 0.479. The third kappa shape index (κ3) is 7.22. The van der Waals surface area contributed by atoms with Crippen molar-refractivity contribution in [3.05, 3.63) is 24.3 Å². The van der Waals surface area contributed by atoms with Crippen LogP contribution in [-0.4, -0.2) is 24.1 Å². The second-order valence-electron chi connectivity index (χ2n) is 3.88. The van der Waals surface area contributed by atoms with Gasteiger partial charge < -0.3 is 4.74 Å². The molecular weight excluding hydrogens is 220 g/mol. The molecule has 0 radical (unpaired) electrons. The van der Waals surface area contributed by atoms with E-state index in [4.69, 9.17) is 4.74 Å². The van der Waals surface area contributed by atoms with E-state index in [0.717, 1.165) is 0 Å². The fourth-order valence-electron chi connectivity index (χ4n) is 0.972. The van der Waals surface area contributed by atoms with Crippen LogP contribution in [0.25, 0.3) is 0 Å². The van der Waals surface area contributed by atoms with E-state index >= 15 is 0 Å². The molecule has 4 heteroatoms. The first-order valence-corrected chi connectivity index (χ1v) is 5.37. The Kier molecular flexibility index (Phi) is 6.79. The first-order chi connectivity index (χ1) is 7.84. The van der Waals surface area contributed by atoms with Crippen LogP contribution >= 0.6 is 0 Å². The van der Waals surface area contributed by atoms with E-state index in [2.05, 4.69) is 13.2 Å². The molecule has 0 aliphatic heterocycles. The molecule has 94 valence electrons. The predicted molar refractivity (Wildman–Crippen MR) is 64.5 cm³/mol. The van der Waals surface area contributed by atoms with Crippen LogP contribution in [0.15, 0.2) is 24.3 Å². The standard InChI is InChI=1S/C13H18O4/c1-9(2)11(14)5-6-13(16)17-8-7-12(15)10(3)4/h1,3,5-8H2,2,4H3. The van der Waals surface area contributed by atoms with Crippen molar-refractivity contribution in [1.82, 2.24) is 0 Å². The summed E-state index contributed by atoms with van der Waals surface area (Å²) in [5, 5.41) is 0. The Hall–Kier alpha value is -1.71. The lowest BCUT2D eigenvalue weighted by molar-refractivity contribution is -0.145. The summed E-state index contributed by atoms with van der Waals surface area (Å²) >= 11 is 0. The van der Waals surface area contributed by atoms with Gasteiger partial charge in [-0.2, -0.15) is 0 Å². The van der Waals surface area contributed by atoms with Crippen molar-refractivity contribution in [2.45, 2.75) is 33.1 Å². The highest BCUT2D eigenvalue weighted by Crippen LogP contribution is 2.02. The lowest BCUT2D eigenvalue weighted by Crippen LogP contribution is -2.11. The first-order valence-electron chi connectivity index (χ1n) is 5.37. The topological polar surface area (TPSA) is 60.4 Å². The Bertz CT molecular complexity index is 352. The van der Waals surface area contributed by atoms with Gasteiger partial charge in [-0.25, -0.2) is 0 Å². The van der Waals surface area contributed by atoms with E-state index in [1.54, 1.807) is 13.8 Å². The summed E-state index contributed by atoms with van der Waals surface area (Å²) in [5.41, 5.74) is 0.869. The van der Waals surface area contributed by atoms with E-state index in [1.807, 2.05) is 0 Å². The van der Waals surface area contributed by atoms with Gasteiger partial charge in [-0.1, -0.05) is 13.2 Å². The number of Topliss-reactive ketones (excluding diaryl/α,β-unsaturated/α-hetero) is 2. The van der Waals surface area contributed by atoms with Crippen molar-refractivity contribution in [3.8, 4) is 0 Å². The average molecular weight is 238 g/mol. The van der Waals surface area contributed by atoms with Gasteiger partial charge in [0.2, 0.25) is 0 Å². The Morgan fingerprint density at radius 1 is 0.882 bits per heavy atom. The summed E-state index contributed by atoms with van der Waals surface area (Å²) in [6.45, 7) is 10.2. The molecule has 0 rings (SSSR count). The molecule has 0 aliphatic rings. The van der Waals surface area contributed by atoms with Crippen LogP contribution in [0.1, 0.15) is 33.1 Å². The molecule has 0 saturated carbocycles. The molecule has 0 atom stereocenters. The third-order valence-electron chi connectivity index (χ3n) is 2.10. The number of ether oxygens (including phenoxy) is 1. The lowest BCUT2D eigenvalue weighted by atomic mass is 10.1. The first kappa shape index (κ1) is 15.3. The van der Waals surface area contributed by atoms with Crippen molar-refractivity contribution < 1.29 is 19.1 Å². The fourth-order valence-corrected chi connectivity index (χ4v) is 0.972. The summed E-state index contributed by atoms with van der Waals surface area (Å²) < 4.78 is 4.81. The fraction of sp³-hybridized carbons (Fsp3) is 0.462. The molecule has 17 heavy (non-hydrogen) atoms. The summed E-state index contributed by atoms with van der Waals surface area (Å²) in [6, 6.07) is 0. The molecule has 0 saturated heterocycles. The van der Waals surface area contributed by atoms with Crippen LogP contribution in [0.3, 0.4) is 0 Å². The van der Waals surface area contributed by atoms with Crippen molar-refractivity contribution in [3.63, 3.8) is 0 Å². The zero-order valence-corrected chi connectivity index (χ0v) is 10.4. The Labute approximate surface area is 101 Å². The van der Waals surface area contributed by atoms with Crippen LogP contribution < -0.4 is 0 Å². The number of allylic oxidation sites excluding steroid dienone is 2. The molecule has 0 fully saturated rings. The van der Waals surface area contributed by atoms with Crippen molar-refractivity contribution in [2.24, 2.45) is 0 Å². The van der Waals surface area contributed by atoms with Crippen molar-refractivity contribution in [2.75, 3.05) is 6.61 Å². The Morgan fingerprint density at radius 3 is 1.82 bits per heavy atom. The maximum atomic E-state index is 11.2. The lowest BCUT2D eigenvalue weighted by Gasteiger charge is -2.04. The molecule has 0 heterocycles. The molecule has 0 N–H and O–H groups in total. The molecule has 0 unspecified atom stereocenters. The number of ketones is 2. The number of esters is 1. The summed E-state index contributed by atoms with van der Waals surface area (Å²) in [6.07, 6.45) is 0.255. The molecule has 0 bridgehead atoms. The van der Waals surface area contributed by atoms with E-state index in [9.17, 15) is 14.4 Å². The van der Waals surface area contributed by atoms with Crippen molar-refractivity contribution in [1.29, 1.82) is 0 Å². The van der Waals surface area contributed by atoms with Gasteiger partial charge in [0, 0.05) is 12.8 Å². The molecule has 4 nitrogen and oxygen atoms in total. The van der Waals surface area contributed by atoms with Gasteiger partial charge in [-0.3, -0.25) is 14.4 Å². The van der Waals surface area contributed by atoms with Crippen LogP contribution in [0.2, 0.25) is 0 Å². The summed E-state index contributed by atoms with van der Waals surface area (Å²) in [4.78, 5) is 33.5. The second kappa shape index (κ2) is 7.54. The molecule has 0 aromatic heterocycles. The molecule has 0 aliphatic carbocycles. The minimum atomic E-state index is -0.478. The maximum absolute atomic E-state index is 11.2. The van der Waals surface area contributed by atoms with E-state index < -0.39 is 5.97 Å². The SMILES string of the molecule is C=C(C)C(=O)CCOC(=O)CCC(=O)C(=C)C. The molecule has 0 aromatic carbocycles. The number of carbonyl (C=O) groups is 3. The number of hydrogen-bond acceptors (Lipinski definition) is 4. The molecular formula is C13H18O4. The second-order valence-corrected chi connectivity index (χ2v) is 3.88. The minimum absolute atomic E-state index is 0.0208. The van der Waals surface area contributed by atoms with Crippen LogP contribution in [0.5, 0.6) is 0 Å². The normalized spacial score (nSPS) is 9.53. The largest absolute Gasteiger partial charge is 0.465 e. The number of rotatable bonds is 8. The highest BCUT2D eigenvalue weighted by atomic mass is 16.5. The number of carbonyl (C=O) groups excluding carboxylic acids is 3. The van der Waals surface area contributed by atoms with Gasteiger partial charge in [0.25, 0.3) is 0 Å². The van der Waals surface area contributed by atoms with Gasteiger partial charge in [0.1, 0.15) is 0 Å². The summed E-state index contributed by atoms with van der Waals surface area (Å²) in [7, 11) is 0. The van der Waals surface area contributed by atoms with Crippen molar-refractivity contribution >= 4 is 17.5 Å². The number of hydrogen-bond donors (Lipinski definition) is 0. The average Bonchev–Trinajstić information content (AvgIpc) is 2.25. The molecule has 0 aromatic rings. The summed E-state index contributed by atoms with van der Waals surface area (Å²) in [5.74, 6) is -0.759. The smallest absolute Gasteiger partial charge is 0.306 e. The zero-order valence-electron chi connectivity index (χ0n) is 10.4. The Balaban J connectivity index is 3.74. The highest BCUT2D eigenvalue weighted by molar-refractivity contribution is 5.96. The van der Waals surface area contributed by atoms with E-state index in [1.165, 1.54) is 0 Å². The molecule has 0 spiro atoms. The van der Waals surface area contributed by atoms with Gasteiger partial charge in [0.15, 0.2) is 11.6 Å². The highest BCUT2D eigenvalue weighted by Gasteiger charge is 2.09. The Morgan fingerprint density at radius 2 is 1.35 bits per heavy atom. The van der Waals surface area contributed by atoms with Gasteiger partial charge in [0.05, 0.1) is 13.0 Å². The third-order valence-corrected chi connectivity index (χ3v) is 2.10. The van der Waals surface area contributed by atoms with E-state index in [-0.39, 0.29) is 37.4 Å². The van der Waals surface area contributed by atoms with Gasteiger partial charge in [-0.15, -0.1) is 0 Å². The van der Waals surface area contributed by atoms with Crippen LogP contribution in [0.4, 0.5) is 0 Å². The molecule has 0 amide bonds. The predicted octanol–water partition coefficient (Wildman–Crippen LogP) is 1.99. The van der Waals surface area contributed by atoms with E-state index in [0.29, 0.717) is 11.1 Å². The van der Waals surface area contributed by atoms with Crippen LogP contribution in [-0.2, 0) is 19.1 Å².